The summed E-state index contributed by atoms with van der Waals surface area (Å²) in [6.45, 7) is 3.75. The van der Waals surface area contributed by atoms with Crippen LogP contribution in [0.25, 0.3) is 0 Å². The topological polar surface area (TPSA) is 54.0 Å². The molecular weight excluding hydrogens is 240 g/mol. The Bertz CT molecular complexity index is 242. The van der Waals surface area contributed by atoms with Gasteiger partial charge in [0.2, 0.25) is 0 Å². The third-order valence-corrected chi connectivity index (χ3v) is 5.26. The fourth-order valence-electron chi connectivity index (χ4n) is 1.53. The molecule has 1 unspecified atom stereocenters. The monoisotopic (exact) mass is 262 g/mol. The number of carbonyl (C=O) groups excluding carboxylic acids is 1. The highest BCUT2D eigenvalue weighted by Crippen LogP contribution is 2.19. The van der Waals surface area contributed by atoms with E-state index in [1.807, 2.05) is 6.92 Å². The van der Waals surface area contributed by atoms with Gasteiger partial charge >= 0.3 is 14.8 Å². The van der Waals surface area contributed by atoms with E-state index in [-0.39, 0.29) is 0 Å². The minimum atomic E-state index is -2.94. The van der Waals surface area contributed by atoms with E-state index in [1.165, 1.54) is 27.4 Å². The third-order valence-electron chi connectivity index (χ3n) is 2.36. The van der Waals surface area contributed by atoms with E-state index in [2.05, 4.69) is 0 Å². The highest BCUT2D eigenvalue weighted by Gasteiger charge is 2.49. The zero-order valence-electron chi connectivity index (χ0n) is 11.2. The lowest BCUT2D eigenvalue weighted by atomic mass is 10.3. The van der Waals surface area contributed by atoms with Crippen LogP contribution in [0, 0.1) is 0 Å². The van der Waals surface area contributed by atoms with Gasteiger partial charge < -0.3 is 18.0 Å². The van der Waals surface area contributed by atoms with E-state index in [9.17, 15) is 4.79 Å². The van der Waals surface area contributed by atoms with Crippen LogP contribution in [0.1, 0.15) is 26.7 Å². The van der Waals surface area contributed by atoms with Gasteiger partial charge in [-0.3, -0.25) is 0 Å². The zero-order valence-corrected chi connectivity index (χ0v) is 12.2. The molecule has 100 valence electrons. The molecule has 0 radical (unpaired) electrons. The largest absolute Gasteiger partial charge is 0.543 e. The van der Waals surface area contributed by atoms with Crippen LogP contribution >= 0.6 is 0 Å². The van der Waals surface area contributed by atoms with Crippen LogP contribution in [0.15, 0.2) is 12.2 Å². The molecule has 6 heteroatoms. The highest BCUT2D eigenvalue weighted by atomic mass is 28.4. The molecule has 0 rings (SSSR count). The number of hydrogen-bond acceptors (Lipinski definition) is 5. The molecule has 0 saturated heterocycles. The first-order chi connectivity index (χ1) is 8.10. The van der Waals surface area contributed by atoms with Gasteiger partial charge in [-0.15, -0.1) is 0 Å². The van der Waals surface area contributed by atoms with Crippen molar-refractivity contribution in [2.45, 2.75) is 32.4 Å². The first-order valence-corrected chi connectivity index (χ1v) is 7.39. The lowest BCUT2D eigenvalue weighted by Crippen LogP contribution is -2.56. The number of esters is 1. The van der Waals surface area contributed by atoms with Crippen molar-refractivity contribution < 1.29 is 22.8 Å². The summed E-state index contributed by atoms with van der Waals surface area (Å²) in [5.74, 6) is -0.408. The van der Waals surface area contributed by atoms with Gasteiger partial charge in [-0.1, -0.05) is 19.4 Å². The molecule has 0 amide bonds. The predicted molar refractivity (Wildman–Crippen MR) is 66.4 cm³/mol. The Kier molecular flexibility index (Phi) is 8.06. The lowest BCUT2D eigenvalue weighted by Gasteiger charge is -2.31. The third kappa shape index (κ3) is 4.59. The number of carbonyl (C=O) groups is 1. The van der Waals surface area contributed by atoms with Crippen molar-refractivity contribution in [3.8, 4) is 0 Å². The van der Waals surface area contributed by atoms with Gasteiger partial charge in [-0.05, 0) is 13.3 Å². The number of allylic oxidation sites excluding steroid dienone is 1. The molecule has 0 fully saturated rings. The summed E-state index contributed by atoms with van der Waals surface area (Å²) in [7, 11) is 1.58. The van der Waals surface area contributed by atoms with Gasteiger partial charge in [0, 0.05) is 27.4 Å². The molecular formula is C11H22O5Si. The number of ether oxygens (including phenoxy) is 1. The molecule has 0 spiro atoms. The van der Waals surface area contributed by atoms with Gasteiger partial charge in [0.1, 0.15) is 0 Å². The Morgan fingerprint density at radius 1 is 1.24 bits per heavy atom. The Morgan fingerprint density at radius 3 is 2.12 bits per heavy atom. The van der Waals surface area contributed by atoms with Crippen LogP contribution in [-0.4, -0.2) is 41.8 Å². The van der Waals surface area contributed by atoms with Gasteiger partial charge in [0.15, 0.2) is 5.73 Å². The second-order valence-corrected chi connectivity index (χ2v) is 6.51. The van der Waals surface area contributed by atoms with E-state index in [0.717, 1.165) is 6.42 Å². The zero-order chi connectivity index (χ0) is 13.3. The molecule has 0 aromatic carbocycles. The van der Waals surface area contributed by atoms with Crippen molar-refractivity contribution in [2.75, 3.05) is 21.3 Å². The summed E-state index contributed by atoms with van der Waals surface area (Å²) in [4.78, 5) is 11.5. The van der Waals surface area contributed by atoms with E-state index >= 15 is 0 Å². The summed E-state index contributed by atoms with van der Waals surface area (Å²) in [6, 6.07) is 0. The standard InChI is InChI=1S/C11H22O5Si/c1-6-8-10(12)16-11(9-7-2)17(13-3,14-4)15-5/h6,8,11H,7,9H2,1-5H3. The van der Waals surface area contributed by atoms with Gasteiger partial charge in [0.25, 0.3) is 0 Å². The van der Waals surface area contributed by atoms with Gasteiger partial charge in [0.05, 0.1) is 0 Å². The van der Waals surface area contributed by atoms with Crippen molar-refractivity contribution in [1.29, 1.82) is 0 Å². The van der Waals surface area contributed by atoms with Crippen molar-refractivity contribution >= 4 is 14.8 Å². The minimum Gasteiger partial charge on any atom is -0.455 e. The molecule has 0 aliphatic rings. The first-order valence-electron chi connectivity index (χ1n) is 5.58. The van der Waals surface area contributed by atoms with Crippen LogP contribution in [-0.2, 0) is 22.8 Å². The quantitative estimate of drug-likeness (QED) is 0.378. The molecule has 17 heavy (non-hydrogen) atoms. The van der Waals surface area contributed by atoms with Crippen LogP contribution in [0.2, 0.25) is 0 Å². The SMILES string of the molecule is CC=CC(=O)OC(CCC)[Si](OC)(OC)OC. The lowest BCUT2D eigenvalue weighted by molar-refractivity contribution is -0.142. The molecule has 1 atom stereocenters. The molecule has 0 heterocycles. The first kappa shape index (κ1) is 16.3. The van der Waals surface area contributed by atoms with E-state index in [1.54, 1.807) is 13.0 Å². The molecule has 0 aliphatic carbocycles. The van der Waals surface area contributed by atoms with Crippen LogP contribution in [0.5, 0.6) is 0 Å². The minimum absolute atomic E-state index is 0.408. The van der Waals surface area contributed by atoms with Crippen LogP contribution < -0.4 is 0 Å². The predicted octanol–water partition coefficient (Wildman–Crippen LogP) is 1.69. The smallest absolute Gasteiger partial charge is 0.455 e. The second-order valence-electron chi connectivity index (χ2n) is 3.43. The fraction of sp³-hybridized carbons (Fsp3) is 0.727. The molecule has 0 saturated carbocycles. The van der Waals surface area contributed by atoms with E-state index in [4.69, 9.17) is 18.0 Å². The maximum Gasteiger partial charge on any atom is 0.543 e. The van der Waals surface area contributed by atoms with Crippen molar-refractivity contribution in [1.82, 2.24) is 0 Å². The summed E-state index contributed by atoms with van der Waals surface area (Å²) < 4.78 is 21.3. The molecule has 0 aromatic rings. The summed E-state index contributed by atoms with van der Waals surface area (Å²) in [5.41, 5.74) is -0.476. The molecule has 0 aromatic heterocycles. The Balaban J connectivity index is 4.85. The maximum absolute atomic E-state index is 11.5. The second kappa shape index (κ2) is 8.41. The molecule has 0 N–H and O–H groups in total. The molecule has 0 aliphatic heterocycles. The van der Waals surface area contributed by atoms with Gasteiger partial charge in [-0.2, -0.15) is 0 Å². The van der Waals surface area contributed by atoms with Crippen molar-refractivity contribution in [3.05, 3.63) is 12.2 Å². The molecule has 0 bridgehead atoms. The number of rotatable bonds is 8. The highest BCUT2D eigenvalue weighted by molar-refractivity contribution is 6.62. The summed E-state index contributed by atoms with van der Waals surface area (Å²) in [6.07, 6.45) is 4.48. The van der Waals surface area contributed by atoms with Crippen LogP contribution in [0.4, 0.5) is 0 Å². The van der Waals surface area contributed by atoms with Crippen molar-refractivity contribution in [3.63, 3.8) is 0 Å². The average Bonchev–Trinajstić information content (AvgIpc) is 2.32. The Labute approximate surface area is 104 Å². The van der Waals surface area contributed by atoms with E-state index < -0.39 is 20.5 Å². The average molecular weight is 262 g/mol. The Hall–Kier alpha value is -0.693. The summed E-state index contributed by atoms with van der Waals surface area (Å²) >= 11 is 0. The fourth-order valence-corrected chi connectivity index (χ4v) is 3.72. The van der Waals surface area contributed by atoms with E-state index in [0.29, 0.717) is 6.42 Å². The summed E-state index contributed by atoms with van der Waals surface area (Å²) in [5, 5.41) is 0. The maximum atomic E-state index is 11.5. The normalized spacial score (nSPS) is 13.9. The van der Waals surface area contributed by atoms with Crippen molar-refractivity contribution in [2.24, 2.45) is 0 Å². The van der Waals surface area contributed by atoms with Gasteiger partial charge in [-0.25, -0.2) is 4.79 Å². The Morgan fingerprint density at radius 2 is 1.76 bits per heavy atom. The number of hydrogen-bond donors (Lipinski definition) is 0. The van der Waals surface area contributed by atoms with Crippen LogP contribution in [0.3, 0.4) is 0 Å². The molecule has 5 nitrogen and oxygen atoms in total.